The van der Waals surface area contributed by atoms with Crippen molar-refractivity contribution >= 4 is 82.2 Å². The van der Waals surface area contributed by atoms with Gasteiger partial charge >= 0.3 is 82.2 Å². The first-order chi connectivity index (χ1) is 6.39. The molecular formula is C10H20KLiO4. The molecule has 86 valence electrons. The van der Waals surface area contributed by atoms with Crippen LogP contribution in [0.15, 0.2) is 0 Å². The molecule has 16 heavy (non-hydrogen) atoms. The van der Waals surface area contributed by atoms with Crippen molar-refractivity contribution in [3.8, 4) is 0 Å². The topological polar surface area (TPSA) is 74.6 Å². The van der Waals surface area contributed by atoms with Crippen molar-refractivity contribution < 1.29 is 19.8 Å². The van der Waals surface area contributed by atoms with Gasteiger partial charge in [-0.1, -0.05) is 33.6 Å². The Bertz CT molecular complexity index is 217. The van der Waals surface area contributed by atoms with E-state index in [0.29, 0.717) is 6.42 Å². The minimum absolute atomic E-state index is 0. The standard InChI is InChI=1S/C10H18O4.K.Li.2H/c1-4-5-6-10(7(2)3,8(11)12)9(13)14;;;;/h7H,4-6H2,1-3H3,(H,11,12)(H,13,14);;;;. The predicted octanol–water partition coefficient (Wildman–Crippen LogP) is 0.691. The fourth-order valence-electron chi connectivity index (χ4n) is 1.54. The number of carboxylic acid groups (broad SMARTS) is 2. The fourth-order valence-corrected chi connectivity index (χ4v) is 1.54. The van der Waals surface area contributed by atoms with Gasteiger partial charge in [0.1, 0.15) is 0 Å². The van der Waals surface area contributed by atoms with E-state index in [4.69, 9.17) is 10.2 Å². The van der Waals surface area contributed by atoms with E-state index in [9.17, 15) is 9.59 Å². The molecule has 0 aromatic heterocycles. The molecule has 0 amide bonds. The van der Waals surface area contributed by atoms with Gasteiger partial charge in [0.25, 0.3) is 0 Å². The number of carboxylic acids is 2. The summed E-state index contributed by atoms with van der Waals surface area (Å²) in [6.45, 7) is 5.19. The quantitative estimate of drug-likeness (QED) is 0.537. The summed E-state index contributed by atoms with van der Waals surface area (Å²) in [5, 5.41) is 18.0. The molecule has 2 N–H and O–H groups in total. The van der Waals surface area contributed by atoms with Crippen LogP contribution in [0.4, 0.5) is 0 Å². The van der Waals surface area contributed by atoms with Crippen LogP contribution in [0.5, 0.6) is 0 Å². The van der Waals surface area contributed by atoms with Crippen LogP contribution in [-0.2, 0) is 9.59 Å². The Morgan fingerprint density at radius 1 is 1.19 bits per heavy atom. The molecule has 0 aliphatic rings. The van der Waals surface area contributed by atoms with E-state index in [-0.39, 0.29) is 76.7 Å². The van der Waals surface area contributed by atoms with Gasteiger partial charge in [0.05, 0.1) is 0 Å². The van der Waals surface area contributed by atoms with E-state index in [1.165, 1.54) is 0 Å². The zero-order valence-electron chi connectivity index (χ0n) is 8.91. The number of rotatable bonds is 6. The molecule has 0 aliphatic heterocycles. The van der Waals surface area contributed by atoms with Crippen molar-refractivity contribution in [2.45, 2.75) is 40.0 Å². The van der Waals surface area contributed by atoms with Crippen LogP contribution in [0.2, 0.25) is 0 Å². The molecule has 0 unspecified atom stereocenters. The second-order valence-corrected chi connectivity index (χ2v) is 3.84. The third kappa shape index (κ3) is 5.22. The van der Waals surface area contributed by atoms with Crippen LogP contribution in [0, 0.1) is 11.3 Å². The molecule has 0 heterocycles. The zero-order chi connectivity index (χ0) is 11.4. The van der Waals surface area contributed by atoms with Crippen LogP contribution in [-0.4, -0.2) is 92.4 Å². The normalized spacial score (nSPS) is 10.2. The maximum atomic E-state index is 11.0. The average molecular weight is 250 g/mol. The van der Waals surface area contributed by atoms with Gasteiger partial charge in [-0.3, -0.25) is 9.59 Å². The van der Waals surface area contributed by atoms with E-state index >= 15 is 0 Å². The molecule has 0 radical (unpaired) electrons. The van der Waals surface area contributed by atoms with Gasteiger partial charge in [-0.15, -0.1) is 0 Å². The molecule has 4 nitrogen and oxygen atoms in total. The summed E-state index contributed by atoms with van der Waals surface area (Å²) in [5.41, 5.74) is -1.62. The van der Waals surface area contributed by atoms with E-state index in [0.717, 1.165) is 6.42 Å². The average Bonchev–Trinajstić information content (AvgIpc) is 2.03. The van der Waals surface area contributed by atoms with Crippen LogP contribution in [0.3, 0.4) is 0 Å². The van der Waals surface area contributed by atoms with E-state index in [1.807, 2.05) is 6.92 Å². The zero-order valence-corrected chi connectivity index (χ0v) is 8.91. The summed E-state index contributed by atoms with van der Waals surface area (Å²) in [5.74, 6) is -2.86. The van der Waals surface area contributed by atoms with E-state index in [1.54, 1.807) is 13.8 Å². The minimum atomic E-state index is -1.62. The first kappa shape index (κ1) is 22.4. The summed E-state index contributed by atoms with van der Waals surface area (Å²) in [7, 11) is 0. The third-order valence-corrected chi connectivity index (χ3v) is 2.67. The second kappa shape index (κ2) is 10.1. The Morgan fingerprint density at radius 3 is 1.75 bits per heavy atom. The number of hydrogen-bond acceptors (Lipinski definition) is 2. The van der Waals surface area contributed by atoms with Crippen molar-refractivity contribution in [1.82, 2.24) is 0 Å². The predicted molar refractivity (Wildman–Crippen MR) is 66.4 cm³/mol. The van der Waals surface area contributed by atoms with Gasteiger partial charge < -0.3 is 10.2 Å². The van der Waals surface area contributed by atoms with Crippen molar-refractivity contribution in [3.05, 3.63) is 0 Å². The van der Waals surface area contributed by atoms with Crippen molar-refractivity contribution in [1.29, 1.82) is 0 Å². The van der Waals surface area contributed by atoms with E-state index in [2.05, 4.69) is 0 Å². The molecule has 0 aromatic rings. The molecule has 0 fully saturated rings. The Labute approximate surface area is 151 Å². The molecule has 0 aromatic carbocycles. The maximum absolute atomic E-state index is 11.0. The SMILES string of the molecule is CCCCC(C(=O)O)(C(=O)O)C(C)C.[KH].[LiH]. The van der Waals surface area contributed by atoms with Gasteiger partial charge in [0.2, 0.25) is 0 Å². The van der Waals surface area contributed by atoms with Crippen molar-refractivity contribution in [3.63, 3.8) is 0 Å². The molecule has 0 bridgehead atoms. The van der Waals surface area contributed by atoms with Gasteiger partial charge in [0, 0.05) is 0 Å². The van der Waals surface area contributed by atoms with Crippen LogP contribution in [0.25, 0.3) is 0 Å². The molecule has 0 saturated carbocycles. The molecule has 0 atom stereocenters. The Kier molecular flexibility index (Phi) is 14.2. The monoisotopic (exact) mass is 250 g/mol. The second-order valence-electron chi connectivity index (χ2n) is 3.84. The fraction of sp³-hybridized carbons (Fsp3) is 0.800. The first-order valence-corrected chi connectivity index (χ1v) is 4.86. The first-order valence-electron chi connectivity index (χ1n) is 4.86. The Balaban J connectivity index is -0.000000845. The molecular weight excluding hydrogens is 230 g/mol. The Morgan fingerprint density at radius 2 is 1.56 bits per heavy atom. The summed E-state index contributed by atoms with van der Waals surface area (Å²) in [6.07, 6.45) is 1.62. The van der Waals surface area contributed by atoms with Gasteiger partial charge in [-0.2, -0.15) is 0 Å². The summed E-state index contributed by atoms with van der Waals surface area (Å²) in [4.78, 5) is 22.1. The van der Waals surface area contributed by atoms with Crippen LogP contribution < -0.4 is 0 Å². The van der Waals surface area contributed by atoms with Crippen molar-refractivity contribution in [2.75, 3.05) is 0 Å². The molecule has 0 saturated heterocycles. The number of aliphatic carboxylic acids is 2. The number of hydrogen-bond donors (Lipinski definition) is 2. The summed E-state index contributed by atoms with van der Waals surface area (Å²) >= 11 is 0. The van der Waals surface area contributed by atoms with Crippen LogP contribution >= 0.6 is 0 Å². The molecule has 0 aliphatic carbocycles. The third-order valence-electron chi connectivity index (χ3n) is 2.67. The van der Waals surface area contributed by atoms with Gasteiger partial charge in [0.15, 0.2) is 5.41 Å². The molecule has 0 spiro atoms. The Hall–Kier alpha value is 1.17. The van der Waals surface area contributed by atoms with Gasteiger partial charge in [-0.05, 0) is 12.3 Å². The van der Waals surface area contributed by atoms with Gasteiger partial charge in [-0.25, -0.2) is 0 Å². The van der Waals surface area contributed by atoms with E-state index < -0.39 is 23.3 Å². The van der Waals surface area contributed by atoms with Crippen molar-refractivity contribution in [2.24, 2.45) is 11.3 Å². The molecule has 6 heteroatoms. The molecule has 0 rings (SSSR count). The number of carbonyl (C=O) groups is 2. The number of unbranched alkanes of at least 4 members (excludes halogenated alkanes) is 1. The van der Waals surface area contributed by atoms with Crippen LogP contribution in [0.1, 0.15) is 40.0 Å². The summed E-state index contributed by atoms with van der Waals surface area (Å²) < 4.78 is 0. The summed E-state index contributed by atoms with van der Waals surface area (Å²) in [6, 6.07) is 0.